The molecule has 1 aromatic heterocycles. The van der Waals surface area contributed by atoms with E-state index in [9.17, 15) is 5.11 Å². The third kappa shape index (κ3) is 2.10. The highest BCUT2D eigenvalue weighted by atomic mass is 16.3. The predicted octanol–water partition coefficient (Wildman–Crippen LogP) is -0.430. The number of anilines is 1. The second kappa shape index (κ2) is 3.46. The number of hydrogen-bond acceptors (Lipinski definition) is 5. The molecule has 0 aliphatic carbocycles. The molecule has 1 unspecified atom stereocenters. The second-order valence-corrected chi connectivity index (χ2v) is 4.54. The fourth-order valence-electron chi connectivity index (χ4n) is 1.64. The largest absolute Gasteiger partial charge is 0.382 e. The summed E-state index contributed by atoms with van der Waals surface area (Å²) < 4.78 is 0. The van der Waals surface area contributed by atoms with Gasteiger partial charge in [-0.05, 0) is 20.3 Å². The summed E-state index contributed by atoms with van der Waals surface area (Å²) in [6.07, 6.45) is 0.965. The average molecular weight is 211 g/mol. The van der Waals surface area contributed by atoms with Gasteiger partial charge < -0.3 is 15.7 Å². The van der Waals surface area contributed by atoms with Gasteiger partial charge in [0.2, 0.25) is 5.95 Å². The summed E-state index contributed by atoms with van der Waals surface area (Å²) >= 11 is 0. The van der Waals surface area contributed by atoms with E-state index in [0.29, 0.717) is 11.8 Å². The van der Waals surface area contributed by atoms with Crippen molar-refractivity contribution >= 4 is 5.95 Å². The third-order valence-electron chi connectivity index (χ3n) is 2.56. The van der Waals surface area contributed by atoms with Crippen LogP contribution in [0, 0.1) is 0 Å². The highest BCUT2D eigenvalue weighted by molar-refractivity contribution is 5.31. The van der Waals surface area contributed by atoms with Crippen LogP contribution < -0.4 is 10.6 Å². The molecule has 0 radical (unpaired) electrons. The molecule has 1 fully saturated rings. The van der Waals surface area contributed by atoms with E-state index < -0.39 is 5.60 Å². The van der Waals surface area contributed by atoms with Crippen molar-refractivity contribution in [2.24, 2.45) is 5.73 Å². The summed E-state index contributed by atoms with van der Waals surface area (Å²) in [4.78, 5) is 6.28. The van der Waals surface area contributed by atoms with Crippen LogP contribution in [0.4, 0.5) is 5.95 Å². The Morgan fingerprint density at radius 3 is 2.80 bits per heavy atom. The van der Waals surface area contributed by atoms with E-state index in [-0.39, 0.29) is 6.04 Å². The van der Waals surface area contributed by atoms with Crippen LogP contribution >= 0.6 is 0 Å². The van der Waals surface area contributed by atoms with Gasteiger partial charge in [0.15, 0.2) is 5.82 Å². The van der Waals surface area contributed by atoms with Crippen molar-refractivity contribution in [2.75, 3.05) is 18.0 Å². The molecule has 6 nitrogen and oxygen atoms in total. The van der Waals surface area contributed by atoms with Crippen molar-refractivity contribution in [3.8, 4) is 0 Å². The molecular formula is C9H17N5O. The van der Waals surface area contributed by atoms with Crippen molar-refractivity contribution < 1.29 is 5.11 Å². The van der Waals surface area contributed by atoms with Crippen LogP contribution in [0.25, 0.3) is 0 Å². The molecule has 1 aliphatic heterocycles. The number of H-pyrrole nitrogens is 1. The summed E-state index contributed by atoms with van der Waals surface area (Å²) in [5.74, 6) is 1.11. The highest BCUT2D eigenvalue weighted by Crippen LogP contribution is 2.19. The number of hydrogen-bond donors (Lipinski definition) is 3. The van der Waals surface area contributed by atoms with Crippen LogP contribution in [0.1, 0.15) is 26.1 Å². The van der Waals surface area contributed by atoms with Gasteiger partial charge in [0.1, 0.15) is 5.60 Å². The average Bonchev–Trinajstić information content (AvgIpc) is 2.69. The van der Waals surface area contributed by atoms with Crippen molar-refractivity contribution in [1.82, 2.24) is 15.2 Å². The van der Waals surface area contributed by atoms with Gasteiger partial charge in [-0.2, -0.15) is 4.98 Å². The van der Waals surface area contributed by atoms with Crippen LogP contribution in [-0.2, 0) is 5.60 Å². The molecule has 0 bridgehead atoms. The van der Waals surface area contributed by atoms with E-state index >= 15 is 0 Å². The quantitative estimate of drug-likeness (QED) is 0.617. The molecular weight excluding hydrogens is 194 g/mol. The Morgan fingerprint density at radius 1 is 1.60 bits per heavy atom. The van der Waals surface area contributed by atoms with Crippen LogP contribution in [0.3, 0.4) is 0 Å². The third-order valence-corrected chi connectivity index (χ3v) is 2.56. The van der Waals surface area contributed by atoms with Crippen molar-refractivity contribution in [2.45, 2.75) is 31.9 Å². The Bertz CT molecular complexity index is 343. The predicted molar refractivity (Wildman–Crippen MR) is 56.4 cm³/mol. The maximum absolute atomic E-state index is 9.72. The van der Waals surface area contributed by atoms with E-state index in [0.717, 1.165) is 19.5 Å². The summed E-state index contributed by atoms with van der Waals surface area (Å²) in [6, 6.07) is 0.203. The van der Waals surface area contributed by atoms with Gasteiger partial charge in [0.05, 0.1) is 0 Å². The van der Waals surface area contributed by atoms with E-state index in [1.165, 1.54) is 0 Å². The Balaban J connectivity index is 2.14. The van der Waals surface area contributed by atoms with Crippen LogP contribution in [0.5, 0.6) is 0 Å². The van der Waals surface area contributed by atoms with Gasteiger partial charge >= 0.3 is 0 Å². The van der Waals surface area contributed by atoms with Crippen molar-refractivity contribution in [1.29, 1.82) is 0 Å². The number of aliphatic hydroxyl groups is 1. The highest BCUT2D eigenvalue weighted by Gasteiger charge is 2.26. The molecule has 1 atom stereocenters. The van der Waals surface area contributed by atoms with Gasteiger partial charge in [-0.3, -0.25) is 5.10 Å². The van der Waals surface area contributed by atoms with Crippen LogP contribution in [0.2, 0.25) is 0 Å². The lowest BCUT2D eigenvalue weighted by molar-refractivity contribution is 0.0692. The minimum atomic E-state index is -0.979. The normalized spacial score (nSPS) is 22.4. The van der Waals surface area contributed by atoms with Gasteiger partial charge in [-0.1, -0.05) is 0 Å². The first-order valence-corrected chi connectivity index (χ1v) is 5.12. The fourth-order valence-corrected chi connectivity index (χ4v) is 1.64. The minimum absolute atomic E-state index is 0.203. The zero-order valence-electron chi connectivity index (χ0n) is 9.06. The Labute approximate surface area is 88.5 Å². The Kier molecular flexibility index (Phi) is 2.40. The summed E-state index contributed by atoms with van der Waals surface area (Å²) in [5.41, 5.74) is 4.82. The summed E-state index contributed by atoms with van der Waals surface area (Å²) in [7, 11) is 0. The number of rotatable bonds is 2. The molecule has 2 rings (SSSR count). The first-order valence-electron chi connectivity index (χ1n) is 5.12. The molecule has 2 heterocycles. The summed E-state index contributed by atoms with van der Waals surface area (Å²) in [5, 5.41) is 16.5. The van der Waals surface area contributed by atoms with Crippen molar-refractivity contribution in [3.63, 3.8) is 0 Å². The van der Waals surface area contributed by atoms with Crippen molar-refractivity contribution in [3.05, 3.63) is 5.82 Å². The maximum Gasteiger partial charge on any atom is 0.244 e. The maximum atomic E-state index is 9.72. The number of nitrogens with one attached hydrogen (secondary N) is 1. The van der Waals surface area contributed by atoms with E-state index in [4.69, 9.17) is 5.73 Å². The first-order chi connectivity index (χ1) is 6.97. The first kappa shape index (κ1) is 10.4. The van der Waals surface area contributed by atoms with Gasteiger partial charge in [-0.25, -0.2) is 0 Å². The molecule has 84 valence electrons. The van der Waals surface area contributed by atoms with E-state index in [2.05, 4.69) is 15.2 Å². The standard InChI is InChI=1S/C9H17N5O/c1-9(2,15)7-11-8(13-12-7)14-4-3-6(10)5-14/h6,15H,3-5,10H2,1-2H3,(H,11,12,13). The number of nitrogens with zero attached hydrogens (tertiary/aromatic N) is 3. The molecule has 4 N–H and O–H groups in total. The summed E-state index contributed by atoms with van der Waals surface area (Å²) in [6.45, 7) is 5.01. The minimum Gasteiger partial charge on any atom is -0.382 e. The molecule has 0 saturated carbocycles. The molecule has 0 spiro atoms. The molecule has 6 heteroatoms. The van der Waals surface area contributed by atoms with E-state index in [1.54, 1.807) is 13.8 Å². The molecule has 0 aromatic carbocycles. The zero-order valence-corrected chi connectivity index (χ0v) is 9.06. The lowest BCUT2D eigenvalue weighted by Crippen LogP contribution is -2.27. The molecule has 0 amide bonds. The topological polar surface area (TPSA) is 91.1 Å². The molecule has 15 heavy (non-hydrogen) atoms. The smallest absolute Gasteiger partial charge is 0.244 e. The monoisotopic (exact) mass is 211 g/mol. The number of aromatic amines is 1. The van der Waals surface area contributed by atoms with Gasteiger partial charge in [0.25, 0.3) is 0 Å². The molecule has 1 saturated heterocycles. The van der Waals surface area contributed by atoms with Crippen LogP contribution in [-0.4, -0.2) is 39.4 Å². The number of nitrogens with two attached hydrogens (primary N) is 1. The molecule has 1 aromatic rings. The Hall–Kier alpha value is -1.14. The lowest BCUT2D eigenvalue weighted by Gasteiger charge is -2.14. The van der Waals surface area contributed by atoms with Gasteiger partial charge in [-0.15, -0.1) is 5.10 Å². The van der Waals surface area contributed by atoms with Gasteiger partial charge in [0, 0.05) is 19.1 Å². The fraction of sp³-hybridized carbons (Fsp3) is 0.778. The van der Waals surface area contributed by atoms with Crippen LogP contribution in [0.15, 0.2) is 0 Å². The lowest BCUT2D eigenvalue weighted by atomic mass is 10.1. The van der Waals surface area contributed by atoms with E-state index in [1.807, 2.05) is 4.90 Å². The SMILES string of the molecule is CC(C)(O)c1nc(N2CCC(N)C2)n[nH]1. The zero-order chi connectivity index (χ0) is 11.1. The Morgan fingerprint density at radius 2 is 2.33 bits per heavy atom. The molecule has 1 aliphatic rings. The number of aromatic nitrogens is 3. The second-order valence-electron chi connectivity index (χ2n) is 4.54.